The standard InChI is InChI=1S/C9H12N6O2/c10-8-7-9(12-4-11-8)15(14-13-7)5-1-6(2-16)17-3-5/h4-6,16H,1-3H2,(H2,10,11,12). The van der Waals surface area contributed by atoms with Gasteiger partial charge in [0.1, 0.15) is 6.33 Å². The highest BCUT2D eigenvalue weighted by Crippen LogP contribution is 2.26. The van der Waals surface area contributed by atoms with Crippen molar-refractivity contribution in [2.24, 2.45) is 0 Å². The highest BCUT2D eigenvalue weighted by atomic mass is 16.5. The summed E-state index contributed by atoms with van der Waals surface area (Å²) in [5, 5.41) is 17.0. The summed E-state index contributed by atoms with van der Waals surface area (Å²) in [5.74, 6) is 0.318. The summed E-state index contributed by atoms with van der Waals surface area (Å²) in [4.78, 5) is 7.98. The van der Waals surface area contributed by atoms with Gasteiger partial charge in [-0.25, -0.2) is 14.6 Å². The minimum Gasteiger partial charge on any atom is -0.394 e. The molecule has 1 aliphatic rings. The largest absolute Gasteiger partial charge is 0.394 e. The highest BCUT2D eigenvalue weighted by Gasteiger charge is 2.28. The zero-order chi connectivity index (χ0) is 11.8. The molecule has 0 amide bonds. The average Bonchev–Trinajstić information content (AvgIpc) is 2.94. The average molecular weight is 236 g/mol. The van der Waals surface area contributed by atoms with Gasteiger partial charge in [0.2, 0.25) is 0 Å². The third-order valence-corrected chi connectivity index (χ3v) is 2.90. The highest BCUT2D eigenvalue weighted by molar-refractivity contribution is 5.80. The normalized spacial score (nSPS) is 24.5. The molecule has 0 radical (unpaired) electrons. The van der Waals surface area contributed by atoms with Crippen LogP contribution >= 0.6 is 0 Å². The molecule has 2 atom stereocenters. The molecule has 2 aromatic heterocycles. The summed E-state index contributed by atoms with van der Waals surface area (Å²) < 4.78 is 7.09. The van der Waals surface area contributed by atoms with Gasteiger partial charge in [-0.15, -0.1) is 5.10 Å². The summed E-state index contributed by atoms with van der Waals surface area (Å²) in [5.41, 5.74) is 6.79. The second kappa shape index (κ2) is 3.90. The van der Waals surface area contributed by atoms with Gasteiger partial charge < -0.3 is 15.6 Å². The summed E-state index contributed by atoms with van der Waals surface area (Å²) in [6.45, 7) is 0.508. The number of fused-ring (bicyclic) bond motifs is 1. The first-order valence-corrected chi connectivity index (χ1v) is 5.33. The number of nitrogen functional groups attached to an aromatic ring is 1. The minimum absolute atomic E-state index is 0.0141. The summed E-state index contributed by atoms with van der Waals surface area (Å²) in [6.07, 6.45) is 1.94. The lowest BCUT2D eigenvalue weighted by Gasteiger charge is -2.07. The summed E-state index contributed by atoms with van der Waals surface area (Å²) in [6, 6.07) is 0.0337. The van der Waals surface area contributed by atoms with E-state index in [4.69, 9.17) is 15.6 Å². The first kappa shape index (κ1) is 10.4. The van der Waals surface area contributed by atoms with Crippen LogP contribution in [-0.4, -0.2) is 49.4 Å². The molecule has 3 heterocycles. The molecule has 17 heavy (non-hydrogen) atoms. The number of aliphatic hydroxyl groups excluding tert-OH is 1. The van der Waals surface area contributed by atoms with E-state index in [1.165, 1.54) is 6.33 Å². The van der Waals surface area contributed by atoms with Crippen molar-refractivity contribution in [2.45, 2.75) is 18.6 Å². The predicted octanol–water partition coefficient (Wildman–Crippen LogP) is -0.874. The number of hydrogen-bond acceptors (Lipinski definition) is 7. The fraction of sp³-hybridized carbons (Fsp3) is 0.556. The molecular weight excluding hydrogens is 224 g/mol. The van der Waals surface area contributed by atoms with E-state index in [-0.39, 0.29) is 18.8 Å². The van der Waals surface area contributed by atoms with Crippen LogP contribution in [0.1, 0.15) is 12.5 Å². The first-order chi connectivity index (χ1) is 8.29. The molecule has 8 nitrogen and oxygen atoms in total. The lowest BCUT2D eigenvalue weighted by molar-refractivity contribution is 0.0573. The van der Waals surface area contributed by atoms with Gasteiger partial charge in [-0.3, -0.25) is 0 Å². The Bertz CT molecular complexity index is 541. The van der Waals surface area contributed by atoms with E-state index in [1.807, 2.05) is 0 Å². The van der Waals surface area contributed by atoms with Gasteiger partial charge in [0, 0.05) is 6.42 Å². The van der Waals surface area contributed by atoms with Gasteiger partial charge in [-0.1, -0.05) is 5.21 Å². The van der Waals surface area contributed by atoms with Gasteiger partial charge in [0.25, 0.3) is 0 Å². The van der Waals surface area contributed by atoms with E-state index in [9.17, 15) is 0 Å². The number of rotatable bonds is 2. The molecule has 0 aliphatic carbocycles. The monoisotopic (exact) mass is 236 g/mol. The molecule has 3 rings (SSSR count). The molecule has 0 saturated carbocycles. The second-order valence-corrected chi connectivity index (χ2v) is 3.99. The molecular formula is C9H12N6O2. The van der Waals surface area contributed by atoms with Gasteiger partial charge in [0.15, 0.2) is 17.0 Å². The van der Waals surface area contributed by atoms with Gasteiger partial charge in [0.05, 0.1) is 25.4 Å². The van der Waals surface area contributed by atoms with E-state index in [2.05, 4.69) is 20.3 Å². The Morgan fingerprint density at radius 2 is 2.41 bits per heavy atom. The molecule has 2 unspecified atom stereocenters. The molecule has 0 aromatic carbocycles. The molecule has 2 aromatic rings. The van der Waals surface area contributed by atoms with Crippen molar-refractivity contribution in [3.63, 3.8) is 0 Å². The number of aliphatic hydroxyl groups is 1. The molecule has 1 saturated heterocycles. The van der Waals surface area contributed by atoms with E-state index in [0.29, 0.717) is 30.0 Å². The van der Waals surface area contributed by atoms with E-state index < -0.39 is 0 Å². The van der Waals surface area contributed by atoms with Gasteiger partial charge in [-0.05, 0) is 0 Å². The van der Waals surface area contributed by atoms with E-state index >= 15 is 0 Å². The maximum Gasteiger partial charge on any atom is 0.184 e. The number of hydrogen-bond donors (Lipinski definition) is 2. The van der Waals surface area contributed by atoms with Crippen LogP contribution in [0, 0.1) is 0 Å². The number of nitrogens with zero attached hydrogens (tertiary/aromatic N) is 5. The Hall–Kier alpha value is -1.80. The molecule has 0 bridgehead atoms. The van der Waals surface area contributed by atoms with Crippen LogP contribution in [0.3, 0.4) is 0 Å². The van der Waals surface area contributed by atoms with Crippen molar-refractivity contribution >= 4 is 17.0 Å². The van der Waals surface area contributed by atoms with Gasteiger partial charge >= 0.3 is 0 Å². The topological polar surface area (TPSA) is 112 Å². The van der Waals surface area contributed by atoms with Crippen LogP contribution in [0.5, 0.6) is 0 Å². The van der Waals surface area contributed by atoms with Crippen LogP contribution in [0.15, 0.2) is 6.33 Å². The SMILES string of the molecule is Nc1ncnc2c1nnn2C1COC(CO)C1. The second-order valence-electron chi connectivity index (χ2n) is 3.99. The third-order valence-electron chi connectivity index (χ3n) is 2.90. The maximum absolute atomic E-state index is 9.02. The van der Waals surface area contributed by atoms with Gasteiger partial charge in [-0.2, -0.15) is 0 Å². The number of anilines is 1. The lowest BCUT2D eigenvalue weighted by atomic mass is 10.2. The van der Waals surface area contributed by atoms with E-state index in [0.717, 1.165) is 0 Å². The van der Waals surface area contributed by atoms with Crippen LogP contribution in [-0.2, 0) is 4.74 Å². The zero-order valence-corrected chi connectivity index (χ0v) is 9.02. The molecule has 1 fully saturated rings. The fourth-order valence-electron chi connectivity index (χ4n) is 2.01. The lowest BCUT2D eigenvalue weighted by Crippen LogP contribution is -2.13. The number of ether oxygens (including phenoxy) is 1. The quantitative estimate of drug-likeness (QED) is 0.696. The molecule has 0 spiro atoms. The van der Waals surface area contributed by atoms with Crippen molar-refractivity contribution in [1.29, 1.82) is 0 Å². The Morgan fingerprint density at radius 3 is 3.18 bits per heavy atom. The van der Waals surface area contributed by atoms with Crippen LogP contribution in [0.25, 0.3) is 11.2 Å². The van der Waals surface area contributed by atoms with Crippen LogP contribution < -0.4 is 5.73 Å². The van der Waals surface area contributed by atoms with Crippen molar-refractivity contribution < 1.29 is 9.84 Å². The smallest absolute Gasteiger partial charge is 0.184 e. The molecule has 90 valence electrons. The molecule has 3 N–H and O–H groups in total. The number of nitrogens with two attached hydrogens (primary N) is 1. The van der Waals surface area contributed by atoms with Crippen LogP contribution in [0.2, 0.25) is 0 Å². The number of aromatic nitrogens is 5. The maximum atomic E-state index is 9.02. The van der Waals surface area contributed by atoms with E-state index in [1.54, 1.807) is 4.68 Å². The Balaban J connectivity index is 1.99. The van der Waals surface area contributed by atoms with Crippen LogP contribution in [0.4, 0.5) is 5.82 Å². The summed E-state index contributed by atoms with van der Waals surface area (Å²) in [7, 11) is 0. The Labute approximate surface area is 96.4 Å². The van der Waals surface area contributed by atoms with Crippen molar-refractivity contribution in [2.75, 3.05) is 18.9 Å². The fourth-order valence-corrected chi connectivity index (χ4v) is 2.01. The van der Waals surface area contributed by atoms with Crippen molar-refractivity contribution in [3.8, 4) is 0 Å². The minimum atomic E-state index is -0.140. The van der Waals surface area contributed by atoms with Crippen molar-refractivity contribution in [1.82, 2.24) is 25.0 Å². The first-order valence-electron chi connectivity index (χ1n) is 5.33. The summed E-state index contributed by atoms with van der Waals surface area (Å²) >= 11 is 0. The molecule has 1 aliphatic heterocycles. The Morgan fingerprint density at radius 1 is 1.53 bits per heavy atom. The van der Waals surface area contributed by atoms with Crippen molar-refractivity contribution in [3.05, 3.63) is 6.33 Å². The molecule has 8 heteroatoms. The predicted molar refractivity (Wildman–Crippen MR) is 58.0 cm³/mol. The Kier molecular flexibility index (Phi) is 2.37. The zero-order valence-electron chi connectivity index (χ0n) is 9.02. The third kappa shape index (κ3) is 1.61.